The van der Waals surface area contributed by atoms with Crippen LogP contribution in [-0.2, 0) is 32.7 Å². The molecule has 0 fully saturated rings. The molecule has 0 aromatic heterocycles. The standard InChI is InChI=1S/C14H18.Y/c1-5-10-14(6-2)12-9-7-8-11-13(3)4;/h2,6-7,9,13H,8,11H2,1,3-4H3;/q-2;/b9-7-;. The van der Waals surface area contributed by atoms with Crippen LogP contribution < -0.4 is 0 Å². The smallest absolute Gasteiger partial charge is 0 e. The van der Waals surface area contributed by atoms with Gasteiger partial charge in [-0.25, -0.2) is 6.08 Å². The number of rotatable bonds is 5. The summed E-state index contributed by atoms with van der Waals surface area (Å²) in [7, 11) is 0. The molecule has 1 radical (unpaired) electrons. The van der Waals surface area contributed by atoms with Crippen LogP contribution in [0.5, 0.6) is 0 Å². The largest absolute Gasteiger partial charge is 0.344 e. The number of hydrogen-bond acceptors (Lipinski definition) is 0. The van der Waals surface area contributed by atoms with E-state index in [4.69, 9.17) is 6.58 Å². The van der Waals surface area contributed by atoms with Crippen LogP contribution >= 0.6 is 0 Å². The fourth-order valence-electron chi connectivity index (χ4n) is 0.922. The van der Waals surface area contributed by atoms with Crippen molar-refractivity contribution in [2.24, 2.45) is 5.92 Å². The minimum absolute atomic E-state index is 0. The van der Waals surface area contributed by atoms with Crippen molar-refractivity contribution in [1.29, 1.82) is 0 Å². The molecule has 0 rings (SSSR count). The van der Waals surface area contributed by atoms with E-state index in [0.29, 0.717) is 0 Å². The van der Waals surface area contributed by atoms with Crippen LogP contribution in [0.3, 0.4) is 0 Å². The van der Waals surface area contributed by atoms with Gasteiger partial charge in [-0.2, -0.15) is 18.1 Å². The molecular weight excluding hydrogens is 257 g/mol. The van der Waals surface area contributed by atoms with E-state index in [-0.39, 0.29) is 32.7 Å². The zero-order valence-corrected chi connectivity index (χ0v) is 12.7. The number of allylic oxidation sites excluding steroid dienone is 5. The maximum atomic E-state index is 5.36. The Balaban J connectivity index is 0. The van der Waals surface area contributed by atoms with Gasteiger partial charge in [-0.3, -0.25) is 11.5 Å². The molecule has 0 bridgehead atoms. The molecule has 0 aliphatic carbocycles. The Labute approximate surface area is 120 Å². The van der Waals surface area contributed by atoms with E-state index in [2.05, 4.69) is 37.8 Å². The molecule has 0 N–H and O–H groups in total. The first-order valence-corrected chi connectivity index (χ1v) is 4.97. The molecular formula is C14H18Y-2. The van der Waals surface area contributed by atoms with Crippen LogP contribution in [0.4, 0.5) is 0 Å². The van der Waals surface area contributed by atoms with Gasteiger partial charge < -0.3 is 12.7 Å². The molecule has 0 spiro atoms. The van der Waals surface area contributed by atoms with Crippen molar-refractivity contribution in [1.82, 2.24) is 0 Å². The van der Waals surface area contributed by atoms with Crippen LogP contribution in [0.1, 0.15) is 33.6 Å². The maximum Gasteiger partial charge on any atom is 0 e. The molecule has 0 amide bonds. The third kappa shape index (κ3) is 11.8. The molecule has 0 heterocycles. The van der Waals surface area contributed by atoms with Gasteiger partial charge >= 0.3 is 0 Å². The van der Waals surface area contributed by atoms with Gasteiger partial charge in [0.2, 0.25) is 0 Å². The van der Waals surface area contributed by atoms with E-state index >= 15 is 0 Å². The predicted molar refractivity (Wildman–Crippen MR) is 62.3 cm³/mol. The van der Waals surface area contributed by atoms with Gasteiger partial charge in [-0.15, -0.1) is 0 Å². The molecule has 0 aromatic carbocycles. The van der Waals surface area contributed by atoms with E-state index in [9.17, 15) is 0 Å². The van der Waals surface area contributed by atoms with Crippen molar-refractivity contribution in [3.05, 3.63) is 36.5 Å². The fourth-order valence-corrected chi connectivity index (χ4v) is 0.922. The zero-order chi connectivity index (χ0) is 10.8. The van der Waals surface area contributed by atoms with Gasteiger partial charge in [0.1, 0.15) is 0 Å². The van der Waals surface area contributed by atoms with Crippen molar-refractivity contribution in [3.8, 4) is 11.8 Å². The van der Waals surface area contributed by atoms with Gasteiger partial charge in [-0.05, 0) is 12.8 Å². The van der Waals surface area contributed by atoms with Crippen LogP contribution in [-0.4, -0.2) is 0 Å². The topological polar surface area (TPSA) is 0 Å². The maximum absolute atomic E-state index is 5.36. The summed E-state index contributed by atoms with van der Waals surface area (Å²) in [6.07, 6.45) is 10.8. The minimum atomic E-state index is 0. The summed E-state index contributed by atoms with van der Waals surface area (Å²) in [6.45, 7) is 11.6. The van der Waals surface area contributed by atoms with E-state index < -0.39 is 0 Å². The van der Waals surface area contributed by atoms with E-state index in [0.717, 1.165) is 17.9 Å². The Hall–Kier alpha value is -0.116. The fraction of sp³-hybridized carbons (Fsp3) is 0.429. The van der Waals surface area contributed by atoms with Gasteiger partial charge in [0, 0.05) is 32.7 Å². The van der Waals surface area contributed by atoms with E-state index in [1.807, 2.05) is 6.08 Å². The van der Waals surface area contributed by atoms with Gasteiger partial charge in [-0.1, -0.05) is 26.7 Å². The SMILES string of the molecule is [CH-]=CC(C#CC)=[C-]/C=C\CCC(C)C.[Y]. The Kier molecular flexibility index (Phi) is 13.8. The van der Waals surface area contributed by atoms with Gasteiger partial charge in [0.25, 0.3) is 0 Å². The van der Waals surface area contributed by atoms with Crippen molar-refractivity contribution in [3.63, 3.8) is 0 Å². The summed E-state index contributed by atoms with van der Waals surface area (Å²) >= 11 is 0. The van der Waals surface area contributed by atoms with Crippen molar-refractivity contribution in [2.45, 2.75) is 33.6 Å². The van der Waals surface area contributed by atoms with Crippen molar-refractivity contribution in [2.75, 3.05) is 0 Å². The molecule has 0 saturated heterocycles. The third-order valence-corrected chi connectivity index (χ3v) is 1.69. The normalized spacial score (nSPS) is 10.8. The molecule has 79 valence electrons. The zero-order valence-electron chi connectivity index (χ0n) is 9.88. The average Bonchev–Trinajstić information content (AvgIpc) is 2.15. The minimum Gasteiger partial charge on any atom is -0.344 e. The summed E-state index contributed by atoms with van der Waals surface area (Å²) in [5, 5.41) is 0. The number of hydrogen-bond donors (Lipinski definition) is 0. The quantitative estimate of drug-likeness (QED) is 0.407. The predicted octanol–water partition coefficient (Wildman–Crippen LogP) is 3.72. The Bertz CT molecular complexity index is 271. The van der Waals surface area contributed by atoms with Crippen molar-refractivity contribution < 1.29 is 32.7 Å². The molecule has 1 heteroatoms. The van der Waals surface area contributed by atoms with Crippen molar-refractivity contribution >= 4 is 0 Å². The summed E-state index contributed by atoms with van der Waals surface area (Å²) in [5.74, 6) is 6.39. The Morgan fingerprint density at radius 3 is 2.60 bits per heavy atom. The molecule has 0 nitrogen and oxygen atoms in total. The summed E-state index contributed by atoms with van der Waals surface area (Å²) in [6, 6.07) is 0. The Morgan fingerprint density at radius 2 is 2.13 bits per heavy atom. The third-order valence-electron chi connectivity index (χ3n) is 1.69. The summed E-state index contributed by atoms with van der Waals surface area (Å²) in [4.78, 5) is 0. The summed E-state index contributed by atoms with van der Waals surface area (Å²) < 4.78 is 0. The first kappa shape index (κ1) is 17.3. The Morgan fingerprint density at radius 1 is 1.47 bits per heavy atom. The molecule has 0 unspecified atom stereocenters. The summed E-state index contributed by atoms with van der Waals surface area (Å²) in [5.41, 5.74) is 0.744. The molecule has 0 aliphatic rings. The van der Waals surface area contributed by atoms with E-state index in [1.165, 1.54) is 12.5 Å². The second-order valence-electron chi connectivity index (χ2n) is 3.47. The van der Waals surface area contributed by atoms with Crippen LogP contribution in [0.25, 0.3) is 0 Å². The van der Waals surface area contributed by atoms with Crippen LogP contribution in [0, 0.1) is 30.4 Å². The average molecular weight is 275 g/mol. The van der Waals surface area contributed by atoms with Crippen LogP contribution in [0.15, 0.2) is 23.8 Å². The van der Waals surface area contributed by atoms with Gasteiger partial charge in [0.05, 0.1) is 0 Å². The first-order chi connectivity index (χ1) is 6.70. The molecule has 0 saturated carbocycles. The molecule has 15 heavy (non-hydrogen) atoms. The first-order valence-electron chi connectivity index (χ1n) is 4.97. The second-order valence-corrected chi connectivity index (χ2v) is 3.47. The van der Waals surface area contributed by atoms with Crippen LogP contribution in [0.2, 0.25) is 0 Å². The molecule has 0 atom stereocenters. The van der Waals surface area contributed by atoms with E-state index in [1.54, 1.807) is 6.92 Å². The second kappa shape index (κ2) is 12.0. The molecule has 0 aliphatic heterocycles. The molecule has 0 aromatic rings. The monoisotopic (exact) mass is 275 g/mol. The van der Waals surface area contributed by atoms with Gasteiger partial charge in [0.15, 0.2) is 0 Å².